The van der Waals surface area contributed by atoms with Gasteiger partial charge >= 0.3 is 0 Å². The molecule has 0 fully saturated rings. The lowest BCUT2D eigenvalue weighted by atomic mass is 10.4. The van der Waals surface area contributed by atoms with Crippen molar-refractivity contribution in [2.75, 3.05) is 0 Å². The molecule has 0 aliphatic carbocycles. The van der Waals surface area contributed by atoms with Gasteiger partial charge in [-0.25, -0.2) is 0 Å². The number of aromatic nitrogens is 3. The van der Waals surface area contributed by atoms with Crippen molar-refractivity contribution in [1.29, 1.82) is 0 Å². The van der Waals surface area contributed by atoms with Crippen molar-refractivity contribution in [3.8, 4) is 0 Å². The molecule has 3 aromatic heterocycles. The van der Waals surface area contributed by atoms with E-state index in [1.807, 2.05) is 39.0 Å². The second-order valence-electron chi connectivity index (χ2n) is 5.25. The molecule has 22 heavy (non-hydrogen) atoms. The topological polar surface area (TPSA) is 38.7 Å². The van der Waals surface area contributed by atoms with Crippen molar-refractivity contribution >= 4 is 24.2 Å². The molecule has 4 heteroatoms. The minimum atomic E-state index is -0.828. The Bertz CT molecular complexity index is 693. The maximum Gasteiger partial charge on any atom is 0.0756 e. The van der Waals surface area contributed by atoms with Gasteiger partial charge in [0.05, 0.1) is 16.3 Å². The first kappa shape index (κ1) is 14.8. The molecule has 3 nitrogen and oxygen atoms in total. The number of hydrogen-bond donors (Lipinski definition) is 0. The molecule has 0 aromatic carbocycles. The number of aryl methyl sites for hydroxylation is 3. The molecule has 3 aromatic rings. The van der Waals surface area contributed by atoms with Crippen molar-refractivity contribution in [3.63, 3.8) is 0 Å². The van der Waals surface area contributed by atoms with E-state index in [0.717, 1.165) is 33.4 Å². The van der Waals surface area contributed by atoms with Gasteiger partial charge in [0.1, 0.15) is 0 Å². The molecule has 0 radical (unpaired) electrons. The van der Waals surface area contributed by atoms with Crippen LogP contribution in [-0.2, 0) is 0 Å². The maximum atomic E-state index is 4.73. The van der Waals surface area contributed by atoms with E-state index in [0.29, 0.717) is 0 Å². The average molecular weight is 307 g/mol. The summed E-state index contributed by atoms with van der Waals surface area (Å²) in [7, 11) is -0.828. The van der Waals surface area contributed by atoms with Gasteiger partial charge in [-0.2, -0.15) is 0 Å². The quantitative estimate of drug-likeness (QED) is 0.698. The molecule has 3 heterocycles. The first-order valence-electron chi connectivity index (χ1n) is 7.24. The van der Waals surface area contributed by atoms with Gasteiger partial charge < -0.3 is 0 Å². The van der Waals surface area contributed by atoms with Gasteiger partial charge in [-0.3, -0.25) is 15.0 Å². The van der Waals surface area contributed by atoms with E-state index in [4.69, 9.17) is 15.0 Å². The van der Waals surface area contributed by atoms with Crippen LogP contribution >= 0.6 is 7.92 Å². The lowest BCUT2D eigenvalue weighted by Crippen LogP contribution is -2.27. The van der Waals surface area contributed by atoms with Crippen LogP contribution in [0.2, 0.25) is 0 Å². The minimum absolute atomic E-state index is 0.828. The van der Waals surface area contributed by atoms with Gasteiger partial charge in [-0.15, -0.1) is 0 Å². The molecule has 0 unspecified atom stereocenters. The zero-order valence-electron chi connectivity index (χ0n) is 13.0. The highest BCUT2D eigenvalue weighted by atomic mass is 31.1. The largest absolute Gasteiger partial charge is 0.253 e. The predicted molar refractivity (Wildman–Crippen MR) is 92.7 cm³/mol. The minimum Gasteiger partial charge on any atom is -0.253 e. The van der Waals surface area contributed by atoms with Crippen LogP contribution in [0.4, 0.5) is 0 Å². The van der Waals surface area contributed by atoms with Gasteiger partial charge in [0.25, 0.3) is 0 Å². The molecular weight excluding hydrogens is 289 g/mol. The van der Waals surface area contributed by atoms with Crippen LogP contribution in [0, 0.1) is 20.8 Å². The highest BCUT2D eigenvalue weighted by molar-refractivity contribution is 7.79. The number of pyridine rings is 3. The Hall–Kier alpha value is -2.12. The molecule has 0 N–H and O–H groups in total. The monoisotopic (exact) mass is 307 g/mol. The van der Waals surface area contributed by atoms with Crippen LogP contribution in [-0.4, -0.2) is 15.0 Å². The molecule has 110 valence electrons. The SMILES string of the molecule is Cc1cccc(P(c2cccc(C)n2)c2cccc(C)n2)n1. The fraction of sp³-hybridized carbons (Fsp3) is 0.167. The summed E-state index contributed by atoms with van der Waals surface area (Å²) in [5.41, 5.74) is 6.20. The summed E-state index contributed by atoms with van der Waals surface area (Å²) in [6.07, 6.45) is 0. The Kier molecular flexibility index (Phi) is 4.26. The predicted octanol–water partition coefficient (Wildman–Crippen LogP) is 2.56. The Morgan fingerprint density at radius 3 is 1.14 bits per heavy atom. The van der Waals surface area contributed by atoms with E-state index in [1.165, 1.54) is 0 Å². The van der Waals surface area contributed by atoms with Crippen molar-refractivity contribution in [1.82, 2.24) is 15.0 Å². The summed E-state index contributed by atoms with van der Waals surface area (Å²) in [6.45, 7) is 6.05. The Balaban J connectivity index is 2.18. The van der Waals surface area contributed by atoms with E-state index in [9.17, 15) is 0 Å². The van der Waals surface area contributed by atoms with Crippen LogP contribution in [0.1, 0.15) is 17.1 Å². The molecule has 0 atom stereocenters. The first-order chi connectivity index (χ1) is 10.6. The summed E-state index contributed by atoms with van der Waals surface area (Å²) >= 11 is 0. The molecule has 0 saturated carbocycles. The standard InChI is InChI=1S/C18H18N3P/c1-13-7-4-10-16(19-13)22(17-11-5-8-14(2)20-17)18-12-6-9-15(3)21-18/h4-12H,1-3H3. The normalized spacial score (nSPS) is 10.9. The molecular formula is C18H18N3P. The maximum absolute atomic E-state index is 4.73. The van der Waals surface area contributed by atoms with E-state index in [2.05, 4.69) is 36.4 Å². The van der Waals surface area contributed by atoms with Gasteiger partial charge in [0.15, 0.2) is 0 Å². The van der Waals surface area contributed by atoms with E-state index in [-0.39, 0.29) is 0 Å². The molecule has 0 spiro atoms. The first-order valence-corrected chi connectivity index (χ1v) is 8.59. The average Bonchev–Trinajstić information content (AvgIpc) is 2.48. The van der Waals surface area contributed by atoms with Crippen LogP contribution in [0.5, 0.6) is 0 Å². The third kappa shape index (κ3) is 3.20. The van der Waals surface area contributed by atoms with E-state index < -0.39 is 7.92 Å². The molecule has 0 aliphatic rings. The highest BCUT2D eigenvalue weighted by Gasteiger charge is 2.21. The summed E-state index contributed by atoms with van der Waals surface area (Å²) in [4.78, 5) is 14.2. The van der Waals surface area contributed by atoms with Crippen LogP contribution in [0.25, 0.3) is 0 Å². The summed E-state index contributed by atoms with van der Waals surface area (Å²) in [5, 5.41) is 0. The van der Waals surface area contributed by atoms with Crippen LogP contribution in [0.3, 0.4) is 0 Å². The van der Waals surface area contributed by atoms with E-state index in [1.54, 1.807) is 0 Å². The fourth-order valence-corrected chi connectivity index (χ4v) is 4.49. The van der Waals surface area contributed by atoms with Gasteiger partial charge in [0, 0.05) is 25.0 Å². The second kappa shape index (κ2) is 6.33. The van der Waals surface area contributed by atoms with Crippen LogP contribution in [0.15, 0.2) is 54.6 Å². The van der Waals surface area contributed by atoms with Crippen molar-refractivity contribution in [2.45, 2.75) is 20.8 Å². The Labute approximate surface area is 132 Å². The highest BCUT2D eigenvalue weighted by Crippen LogP contribution is 2.30. The lowest BCUT2D eigenvalue weighted by Gasteiger charge is -2.17. The van der Waals surface area contributed by atoms with Crippen LogP contribution < -0.4 is 16.3 Å². The van der Waals surface area contributed by atoms with Crippen molar-refractivity contribution in [3.05, 3.63) is 71.7 Å². The number of nitrogens with zero attached hydrogens (tertiary/aromatic N) is 3. The van der Waals surface area contributed by atoms with Gasteiger partial charge in [-0.1, -0.05) is 18.2 Å². The second-order valence-corrected chi connectivity index (χ2v) is 7.29. The Morgan fingerprint density at radius 1 is 0.545 bits per heavy atom. The number of rotatable bonds is 3. The molecule has 0 aliphatic heterocycles. The molecule has 0 amide bonds. The zero-order valence-corrected chi connectivity index (χ0v) is 13.9. The fourth-order valence-electron chi connectivity index (χ4n) is 2.31. The van der Waals surface area contributed by atoms with Gasteiger partial charge in [-0.05, 0) is 57.2 Å². The number of hydrogen-bond acceptors (Lipinski definition) is 3. The summed E-state index contributed by atoms with van der Waals surface area (Å²) < 4.78 is 0. The third-order valence-corrected chi connectivity index (χ3v) is 5.43. The summed E-state index contributed by atoms with van der Waals surface area (Å²) in [5.74, 6) is 0. The Morgan fingerprint density at radius 2 is 0.864 bits per heavy atom. The van der Waals surface area contributed by atoms with Gasteiger partial charge in [0.2, 0.25) is 0 Å². The summed E-state index contributed by atoms with van der Waals surface area (Å²) in [6, 6.07) is 18.4. The molecule has 0 saturated heterocycles. The third-order valence-electron chi connectivity index (χ3n) is 3.31. The van der Waals surface area contributed by atoms with Crippen molar-refractivity contribution < 1.29 is 0 Å². The molecule has 3 rings (SSSR count). The van der Waals surface area contributed by atoms with Crippen molar-refractivity contribution in [2.24, 2.45) is 0 Å². The zero-order chi connectivity index (χ0) is 15.5. The molecule has 0 bridgehead atoms. The lowest BCUT2D eigenvalue weighted by molar-refractivity contribution is 1.22. The van der Waals surface area contributed by atoms with E-state index >= 15 is 0 Å². The smallest absolute Gasteiger partial charge is 0.0756 e.